The minimum atomic E-state index is -0.360. The van der Waals surface area contributed by atoms with Crippen LogP contribution >= 0.6 is 11.6 Å². The molecule has 0 saturated carbocycles. The summed E-state index contributed by atoms with van der Waals surface area (Å²) in [6.45, 7) is 10.2. The Labute approximate surface area is 457 Å². The number of carbonyl (C=O) groups is 3. The first-order valence-corrected chi connectivity index (χ1v) is 28.6. The fourth-order valence-corrected chi connectivity index (χ4v) is 7.66. The van der Waals surface area contributed by atoms with Crippen LogP contribution < -0.4 is 45.9 Å². The molecule has 0 heterocycles. The van der Waals surface area contributed by atoms with Gasteiger partial charge in [-0.05, 0) is 50.1 Å². The van der Waals surface area contributed by atoms with Gasteiger partial charge in [0.25, 0.3) is 6.47 Å². The topological polar surface area (TPSA) is 221 Å². The van der Waals surface area contributed by atoms with Gasteiger partial charge < -0.3 is 51.1 Å². The zero-order valence-corrected chi connectivity index (χ0v) is 48.9. The number of hydrogen-bond acceptors (Lipinski definition) is 12. The molecule has 13 nitrogen and oxygen atoms in total. The second-order valence-electron chi connectivity index (χ2n) is 18.9. The molecule has 0 aromatic rings. The summed E-state index contributed by atoms with van der Waals surface area (Å²) >= 11 is 5.26. The van der Waals surface area contributed by atoms with Crippen molar-refractivity contribution in [3.63, 3.8) is 0 Å². The monoisotopic (exact) mass is 1030 g/mol. The Bertz CT molecular complexity index is 995. The maximum absolute atomic E-state index is 12.1. The average Bonchev–Trinajstić information content (AvgIpc) is 3.34. The maximum atomic E-state index is 12.1. The molecular weight excluding hydrogens is 923 g/mol. The Morgan fingerprint density at radius 2 is 0.843 bits per heavy atom. The van der Waals surface area contributed by atoms with Crippen LogP contribution in [0.2, 0.25) is 0 Å². The Morgan fingerprint density at radius 3 is 1.16 bits per heavy atom. The summed E-state index contributed by atoms with van der Waals surface area (Å²) in [6.07, 6.45) is 43.9. The van der Waals surface area contributed by atoms with Crippen LogP contribution in [0.3, 0.4) is 0 Å². The third kappa shape index (κ3) is 76.5. The quantitative estimate of drug-likeness (QED) is 0.00842. The standard InChI is InChI=1S/C27H55NO4.C14H27ClO.C13H29NO3.CH2O3.Na/c1-3-5-7-9-10-11-12-13-14-16-18-20-27(31)28-25(23-29)24-32-22-21-26(30)19-17-15-8-6-4-2;1-2-3-4-5-6-7-8-9-10-11-12-13-14(15)16;1-2-3-4-5-6-7-13(16)8-9-17-11-12(14)10-15;2-1-4-3;/h25-26,29-30H,3-24H2,1-2H3,(H,28,31);2-13H2,1H3;12-13,15-16H,2-11,14H2,1H3;1,3H;/q;;;;+1/p-1/t25-,26+;;12-,13+;;/m0.0../s1. The van der Waals surface area contributed by atoms with Crippen molar-refractivity contribution in [2.45, 2.75) is 296 Å². The van der Waals surface area contributed by atoms with E-state index in [0.717, 1.165) is 51.4 Å². The number of hydrogen-bond donors (Lipinski definition) is 6. The van der Waals surface area contributed by atoms with Gasteiger partial charge in [0.1, 0.15) is 0 Å². The molecule has 416 valence electrons. The number of carbonyl (C=O) groups excluding carboxylic acids is 3. The number of nitrogens with one attached hydrogen (secondary N) is 1. The summed E-state index contributed by atoms with van der Waals surface area (Å²) in [4.78, 5) is 33.8. The first-order valence-electron chi connectivity index (χ1n) is 28.2. The van der Waals surface area contributed by atoms with E-state index in [9.17, 15) is 24.9 Å². The largest absolute Gasteiger partial charge is 1.00 e. The van der Waals surface area contributed by atoms with E-state index >= 15 is 0 Å². The van der Waals surface area contributed by atoms with Crippen LogP contribution in [-0.2, 0) is 28.7 Å². The van der Waals surface area contributed by atoms with Gasteiger partial charge >= 0.3 is 29.6 Å². The minimum Gasteiger partial charge on any atom is -0.662 e. The van der Waals surface area contributed by atoms with Crippen molar-refractivity contribution in [2.75, 3.05) is 39.6 Å². The molecule has 0 aromatic carbocycles. The summed E-state index contributed by atoms with van der Waals surface area (Å²) in [5.74, 6) is -0.00399. The van der Waals surface area contributed by atoms with E-state index in [2.05, 4.69) is 37.9 Å². The second-order valence-corrected chi connectivity index (χ2v) is 19.4. The van der Waals surface area contributed by atoms with Crippen LogP contribution in [0.15, 0.2) is 0 Å². The van der Waals surface area contributed by atoms with Crippen molar-refractivity contribution < 1.29 is 84.0 Å². The summed E-state index contributed by atoms with van der Waals surface area (Å²) in [7, 11) is 0. The van der Waals surface area contributed by atoms with Gasteiger partial charge in [-0.15, -0.1) is 0 Å². The molecule has 0 radical (unpaired) electrons. The first-order chi connectivity index (χ1) is 33.5. The van der Waals surface area contributed by atoms with Gasteiger partial charge in [-0.1, -0.05) is 220 Å². The van der Waals surface area contributed by atoms with Gasteiger partial charge in [0, 0.05) is 26.1 Å². The second kappa shape index (κ2) is 70.7. The molecule has 15 heteroatoms. The normalized spacial score (nSPS) is 12.4. The van der Waals surface area contributed by atoms with E-state index in [-0.39, 0.29) is 84.7 Å². The molecule has 0 spiro atoms. The molecule has 1 amide bonds. The van der Waals surface area contributed by atoms with Crippen LogP contribution in [0.4, 0.5) is 0 Å². The van der Waals surface area contributed by atoms with Gasteiger partial charge in [0.2, 0.25) is 11.1 Å². The van der Waals surface area contributed by atoms with Crippen molar-refractivity contribution in [3.8, 4) is 0 Å². The molecule has 4 atom stereocenters. The van der Waals surface area contributed by atoms with Crippen molar-refractivity contribution >= 4 is 29.2 Å². The minimum absolute atomic E-state index is 0. The molecular formula is C55H112ClN2NaO11. The number of nitrogens with two attached hydrogens (primary N) is 1. The van der Waals surface area contributed by atoms with E-state index in [1.165, 1.54) is 167 Å². The molecule has 0 rings (SSSR count). The van der Waals surface area contributed by atoms with Gasteiger partial charge in [-0.2, -0.15) is 0 Å². The van der Waals surface area contributed by atoms with Crippen molar-refractivity contribution in [1.29, 1.82) is 0 Å². The van der Waals surface area contributed by atoms with Crippen LogP contribution in [0.1, 0.15) is 272 Å². The van der Waals surface area contributed by atoms with Crippen LogP contribution in [0.25, 0.3) is 0 Å². The summed E-state index contributed by atoms with van der Waals surface area (Å²) < 4.78 is 10.8. The smallest absolute Gasteiger partial charge is 0.662 e. The van der Waals surface area contributed by atoms with E-state index in [0.29, 0.717) is 52.1 Å². The Kier molecular flexibility index (Phi) is 79.2. The summed E-state index contributed by atoms with van der Waals surface area (Å²) in [5.41, 5.74) is 5.48. The molecule has 0 aliphatic rings. The molecule has 0 aliphatic carbocycles. The molecule has 0 aliphatic heterocycles. The van der Waals surface area contributed by atoms with Gasteiger partial charge in [0.05, 0.1) is 50.7 Å². The number of aliphatic hydroxyl groups excluding tert-OH is 4. The Hall–Kier alpha value is -0.420. The van der Waals surface area contributed by atoms with E-state index in [1.807, 2.05) is 0 Å². The number of aliphatic hydroxyl groups is 4. The van der Waals surface area contributed by atoms with E-state index in [1.54, 1.807) is 0 Å². The zero-order valence-electron chi connectivity index (χ0n) is 46.1. The van der Waals surface area contributed by atoms with Crippen LogP contribution in [0, 0.1) is 0 Å². The van der Waals surface area contributed by atoms with Crippen molar-refractivity contribution in [1.82, 2.24) is 5.32 Å². The molecule has 70 heavy (non-hydrogen) atoms. The molecule has 0 unspecified atom stereocenters. The summed E-state index contributed by atoms with van der Waals surface area (Å²) in [5, 5.41) is 49.0. The van der Waals surface area contributed by atoms with Gasteiger partial charge in [-0.25, -0.2) is 0 Å². The summed E-state index contributed by atoms with van der Waals surface area (Å²) in [6, 6.07) is -0.664. The Balaban J connectivity index is -0.000000312. The van der Waals surface area contributed by atoms with Crippen molar-refractivity contribution in [3.05, 3.63) is 0 Å². The number of unbranched alkanes of at least 4 members (excludes halogenated alkanes) is 28. The predicted octanol–water partition coefficient (Wildman–Crippen LogP) is 8.62. The molecule has 0 aromatic heterocycles. The molecule has 7 N–H and O–H groups in total. The maximum Gasteiger partial charge on any atom is 1.00 e. The average molecular weight is 1040 g/mol. The fourth-order valence-electron chi connectivity index (χ4n) is 7.53. The fraction of sp³-hybridized carbons (Fsp3) is 0.945. The van der Waals surface area contributed by atoms with Crippen LogP contribution in [-0.4, -0.2) is 102 Å². The third-order valence-corrected chi connectivity index (χ3v) is 12.2. The first kappa shape index (κ1) is 78.5. The predicted molar refractivity (Wildman–Crippen MR) is 284 cm³/mol. The number of amides is 1. The molecule has 0 bridgehead atoms. The van der Waals surface area contributed by atoms with Crippen molar-refractivity contribution in [2.24, 2.45) is 5.73 Å². The van der Waals surface area contributed by atoms with Gasteiger partial charge in [-0.3, -0.25) is 14.4 Å². The Morgan fingerprint density at radius 1 is 0.529 bits per heavy atom. The number of ether oxygens (including phenoxy) is 2. The third-order valence-electron chi connectivity index (χ3n) is 12.0. The van der Waals surface area contributed by atoms with Gasteiger partial charge in [0.15, 0.2) is 0 Å². The van der Waals surface area contributed by atoms with E-state index < -0.39 is 0 Å². The number of rotatable bonds is 50. The molecule has 0 saturated heterocycles. The van der Waals surface area contributed by atoms with Crippen LogP contribution in [0.5, 0.6) is 0 Å². The zero-order chi connectivity index (χ0) is 52.1. The molecule has 0 fully saturated rings. The van der Waals surface area contributed by atoms with E-state index in [4.69, 9.17) is 42.0 Å². The SMILES string of the molecule is CCCCCCCCCCCCCC(=O)Cl.CCCCCCCCCCCCCC(=O)N[C@@H](CO)COCC[C@H](O)CCCCCCC.CCCCCCC[C@@H](O)CCOC[C@@H](N)CO.O=CO[O-].[Na+]. The number of halogens is 1.